The van der Waals surface area contributed by atoms with Crippen LogP contribution in [0.4, 0.5) is 4.79 Å². The van der Waals surface area contributed by atoms with E-state index in [-0.39, 0.29) is 41.5 Å². The molecule has 0 unspecified atom stereocenters. The van der Waals surface area contributed by atoms with Crippen LogP contribution in [0.5, 0.6) is 5.75 Å². The molecule has 2 heterocycles. The lowest BCUT2D eigenvalue weighted by Crippen LogP contribution is -2.48. The molecule has 2 fully saturated rings. The standard InChI is InChI=1S/C15H18ClN3O5S/c1-24-13-3-2-11(8-12(13)16)25(22,23)18-6-4-10(5-7-18)19-14(20)9-17-15(19)21/h2-3,8,10H,4-7,9H2,1H3,(H,17,21). The van der Waals surface area contributed by atoms with Crippen LogP contribution >= 0.6 is 11.6 Å². The van der Waals surface area contributed by atoms with Crippen molar-refractivity contribution >= 4 is 33.6 Å². The van der Waals surface area contributed by atoms with E-state index in [2.05, 4.69) is 5.32 Å². The van der Waals surface area contributed by atoms with Crippen LogP contribution in [0.3, 0.4) is 0 Å². The summed E-state index contributed by atoms with van der Waals surface area (Å²) in [5.41, 5.74) is 0. The Balaban J connectivity index is 1.72. The minimum Gasteiger partial charge on any atom is -0.495 e. The van der Waals surface area contributed by atoms with Gasteiger partial charge in [-0.15, -0.1) is 0 Å². The molecule has 0 saturated carbocycles. The van der Waals surface area contributed by atoms with Crippen molar-refractivity contribution in [3.63, 3.8) is 0 Å². The molecular formula is C15H18ClN3O5S. The minimum absolute atomic E-state index is 0.00168. The second-order valence-electron chi connectivity index (χ2n) is 5.85. The van der Waals surface area contributed by atoms with Crippen LogP contribution in [0, 0.1) is 0 Å². The van der Waals surface area contributed by atoms with E-state index in [4.69, 9.17) is 16.3 Å². The summed E-state index contributed by atoms with van der Waals surface area (Å²) in [6, 6.07) is 3.63. The third-order valence-corrected chi connectivity index (χ3v) is 6.62. The molecular weight excluding hydrogens is 370 g/mol. The van der Waals surface area contributed by atoms with E-state index in [1.165, 1.54) is 34.5 Å². The number of sulfonamides is 1. The second-order valence-corrected chi connectivity index (χ2v) is 8.20. The van der Waals surface area contributed by atoms with Crippen molar-refractivity contribution in [2.45, 2.75) is 23.8 Å². The molecule has 0 spiro atoms. The molecule has 1 N–H and O–H groups in total. The summed E-state index contributed by atoms with van der Waals surface area (Å²) in [6.45, 7) is 0.461. The zero-order valence-corrected chi connectivity index (χ0v) is 15.1. The predicted molar refractivity (Wildman–Crippen MR) is 90.0 cm³/mol. The number of carbonyl (C=O) groups excluding carboxylic acids is 2. The summed E-state index contributed by atoms with van der Waals surface area (Å²) < 4.78 is 31.9. The number of hydrogen-bond donors (Lipinski definition) is 1. The van der Waals surface area contributed by atoms with Gasteiger partial charge in [0.2, 0.25) is 15.9 Å². The average Bonchev–Trinajstić information content (AvgIpc) is 2.93. The summed E-state index contributed by atoms with van der Waals surface area (Å²) >= 11 is 6.02. The molecule has 3 amide bonds. The summed E-state index contributed by atoms with van der Waals surface area (Å²) in [5.74, 6) is 0.131. The molecule has 3 rings (SSSR count). The molecule has 2 aliphatic rings. The van der Waals surface area contributed by atoms with Crippen LogP contribution in [0.25, 0.3) is 0 Å². The predicted octanol–water partition coefficient (Wildman–Crippen LogP) is 1.05. The Morgan fingerprint density at radius 3 is 2.44 bits per heavy atom. The van der Waals surface area contributed by atoms with E-state index >= 15 is 0 Å². The van der Waals surface area contributed by atoms with Gasteiger partial charge in [0.15, 0.2) is 0 Å². The van der Waals surface area contributed by atoms with E-state index in [9.17, 15) is 18.0 Å². The van der Waals surface area contributed by atoms with Gasteiger partial charge in [0, 0.05) is 19.1 Å². The Kier molecular flexibility index (Phi) is 4.90. The van der Waals surface area contributed by atoms with E-state index in [0.29, 0.717) is 18.6 Å². The molecule has 0 aromatic heterocycles. The Hall–Kier alpha value is -1.84. The molecule has 2 saturated heterocycles. The summed E-state index contributed by atoms with van der Waals surface area (Å²) in [5, 5.41) is 2.70. The number of hydrogen-bond acceptors (Lipinski definition) is 5. The van der Waals surface area contributed by atoms with Crippen LogP contribution in [0.2, 0.25) is 5.02 Å². The van der Waals surface area contributed by atoms with Crippen LogP contribution in [0.15, 0.2) is 23.1 Å². The van der Waals surface area contributed by atoms with Gasteiger partial charge in [0.25, 0.3) is 0 Å². The normalized spacial score (nSPS) is 20.0. The number of benzene rings is 1. The van der Waals surface area contributed by atoms with E-state index in [1.54, 1.807) is 0 Å². The topological polar surface area (TPSA) is 96.0 Å². The quantitative estimate of drug-likeness (QED) is 0.779. The molecule has 25 heavy (non-hydrogen) atoms. The lowest BCUT2D eigenvalue weighted by Gasteiger charge is -2.34. The molecule has 1 aromatic rings. The number of carbonyl (C=O) groups is 2. The number of nitrogens with one attached hydrogen (secondary N) is 1. The molecule has 2 aliphatic heterocycles. The van der Waals surface area contributed by atoms with Crippen molar-refractivity contribution in [3.8, 4) is 5.75 Å². The summed E-state index contributed by atoms with van der Waals surface area (Å²) in [4.78, 5) is 24.8. The first-order valence-electron chi connectivity index (χ1n) is 7.78. The molecule has 8 nitrogen and oxygen atoms in total. The van der Waals surface area contributed by atoms with Gasteiger partial charge in [-0.3, -0.25) is 9.69 Å². The fourth-order valence-electron chi connectivity index (χ4n) is 3.10. The highest BCUT2D eigenvalue weighted by atomic mass is 35.5. The minimum atomic E-state index is -3.69. The van der Waals surface area contributed by atoms with E-state index in [1.807, 2.05) is 0 Å². The Labute approximate surface area is 150 Å². The number of halogens is 1. The molecule has 1 aromatic carbocycles. The van der Waals surface area contributed by atoms with Crippen molar-refractivity contribution in [1.29, 1.82) is 0 Å². The maximum absolute atomic E-state index is 12.8. The maximum Gasteiger partial charge on any atom is 0.324 e. The molecule has 0 bridgehead atoms. The zero-order chi connectivity index (χ0) is 18.2. The first-order valence-corrected chi connectivity index (χ1v) is 9.60. The van der Waals surface area contributed by atoms with Crippen molar-refractivity contribution < 1.29 is 22.7 Å². The highest BCUT2D eigenvalue weighted by Crippen LogP contribution is 2.30. The first kappa shape index (κ1) is 18.0. The lowest BCUT2D eigenvalue weighted by molar-refractivity contribution is -0.127. The van der Waals surface area contributed by atoms with Crippen molar-refractivity contribution in [1.82, 2.24) is 14.5 Å². The van der Waals surface area contributed by atoms with E-state index < -0.39 is 16.1 Å². The Bertz CT molecular complexity index is 789. The number of nitrogens with zero attached hydrogens (tertiary/aromatic N) is 2. The van der Waals surface area contributed by atoms with Gasteiger partial charge in [-0.2, -0.15) is 4.31 Å². The smallest absolute Gasteiger partial charge is 0.324 e. The molecule has 0 atom stereocenters. The average molecular weight is 388 g/mol. The highest BCUT2D eigenvalue weighted by Gasteiger charge is 2.38. The fraction of sp³-hybridized carbons (Fsp3) is 0.467. The maximum atomic E-state index is 12.8. The van der Waals surface area contributed by atoms with Crippen LogP contribution in [-0.4, -0.2) is 62.3 Å². The Morgan fingerprint density at radius 1 is 1.24 bits per heavy atom. The molecule has 0 radical (unpaired) electrons. The number of ether oxygens (including phenoxy) is 1. The van der Waals surface area contributed by atoms with Crippen molar-refractivity contribution in [2.75, 3.05) is 26.7 Å². The number of amides is 3. The van der Waals surface area contributed by atoms with Crippen LogP contribution < -0.4 is 10.1 Å². The summed E-state index contributed by atoms with van der Waals surface area (Å²) in [6.07, 6.45) is 0.810. The fourth-order valence-corrected chi connectivity index (χ4v) is 4.92. The van der Waals surface area contributed by atoms with Gasteiger partial charge in [0.1, 0.15) is 5.75 Å². The first-order chi connectivity index (χ1) is 11.8. The van der Waals surface area contributed by atoms with Gasteiger partial charge >= 0.3 is 6.03 Å². The summed E-state index contributed by atoms with van der Waals surface area (Å²) in [7, 11) is -2.24. The van der Waals surface area contributed by atoms with Gasteiger partial charge < -0.3 is 10.1 Å². The van der Waals surface area contributed by atoms with Crippen molar-refractivity contribution in [2.24, 2.45) is 0 Å². The third kappa shape index (κ3) is 3.31. The number of piperidine rings is 1. The SMILES string of the molecule is COc1ccc(S(=O)(=O)N2CCC(N3C(=O)CNC3=O)CC2)cc1Cl. The number of imide groups is 1. The van der Waals surface area contributed by atoms with Crippen LogP contribution in [0.1, 0.15) is 12.8 Å². The van der Waals surface area contributed by atoms with Gasteiger partial charge in [0.05, 0.1) is 23.6 Å². The zero-order valence-electron chi connectivity index (χ0n) is 13.6. The van der Waals surface area contributed by atoms with Gasteiger partial charge in [-0.1, -0.05) is 11.6 Å². The number of urea groups is 1. The molecule has 0 aliphatic carbocycles. The Morgan fingerprint density at radius 2 is 1.92 bits per heavy atom. The monoisotopic (exact) mass is 387 g/mol. The molecule has 136 valence electrons. The van der Waals surface area contributed by atoms with Crippen LogP contribution in [-0.2, 0) is 14.8 Å². The molecule has 10 heteroatoms. The highest BCUT2D eigenvalue weighted by molar-refractivity contribution is 7.89. The number of methoxy groups -OCH3 is 1. The third-order valence-electron chi connectivity index (χ3n) is 4.43. The largest absolute Gasteiger partial charge is 0.495 e. The van der Waals surface area contributed by atoms with Gasteiger partial charge in [-0.05, 0) is 31.0 Å². The second kappa shape index (κ2) is 6.81. The lowest BCUT2D eigenvalue weighted by atomic mass is 10.1. The van der Waals surface area contributed by atoms with E-state index in [0.717, 1.165) is 0 Å². The van der Waals surface area contributed by atoms with Crippen molar-refractivity contribution in [3.05, 3.63) is 23.2 Å². The number of rotatable bonds is 4. The van der Waals surface area contributed by atoms with Gasteiger partial charge in [-0.25, -0.2) is 13.2 Å².